The SMILES string of the molecule is CSc1nc(C)cc(Nc2ccc(OC(=O)COc3cc(C)cc(C)c3)cc2)n1. The van der Waals surface area contributed by atoms with Crippen molar-refractivity contribution in [3.8, 4) is 11.5 Å². The molecule has 0 aliphatic carbocycles. The van der Waals surface area contributed by atoms with Gasteiger partial charge in [0.05, 0.1) is 0 Å². The minimum absolute atomic E-state index is 0.152. The second kappa shape index (κ2) is 9.43. The molecule has 29 heavy (non-hydrogen) atoms. The van der Waals surface area contributed by atoms with Crippen molar-refractivity contribution in [3.05, 3.63) is 65.4 Å². The van der Waals surface area contributed by atoms with E-state index in [1.165, 1.54) is 11.8 Å². The van der Waals surface area contributed by atoms with Crippen molar-refractivity contribution in [2.45, 2.75) is 25.9 Å². The zero-order valence-electron chi connectivity index (χ0n) is 16.9. The number of hydrogen-bond donors (Lipinski definition) is 1. The second-order valence-electron chi connectivity index (χ2n) is 6.62. The summed E-state index contributed by atoms with van der Waals surface area (Å²) in [6.45, 7) is 5.74. The molecule has 6 nitrogen and oxygen atoms in total. The average molecular weight is 410 g/mol. The van der Waals surface area contributed by atoms with Crippen LogP contribution in [0.4, 0.5) is 11.5 Å². The third-order valence-electron chi connectivity index (χ3n) is 3.93. The molecular formula is C22H23N3O3S. The zero-order chi connectivity index (χ0) is 20.8. The van der Waals surface area contributed by atoms with E-state index < -0.39 is 5.97 Å². The van der Waals surface area contributed by atoms with Crippen LogP contribution in [-0.4, -0.2) is 28.8 Å². The molecule has 1 heterocycles. The van der Waals surface area contributed by atoms with E-state index in [0.29, 0.717) is 22.5 Å². The summed E-state index contributed by atoms with van der Waals surface area (Å²) in [5.41, 5.74) is 3.89. The summed E-state index contributed by atoms with van der Waals surface area (Å²) in [5.74, 6) is 1.37. The quantitative estimate of drug-likeness (QED) is 0.259. The number of hydrogen-bond acceptors (Lipinski definition) is 7. The Labute approximate surface area is 174 Å². The first-order valence-electron chi connectivity index (χ1n) is 9.10. The van der Waals surface area contributed by atoms with Crippen molar-refractivity contribution in [2.75, 3.05) is 18.2 Å². The average Bonchev–Trinajstić information content (AvgIpc) is 2.67. The smallest absolute Gasteiger partial charge is 0.349 e. The van der Waals surface area contributed by atoms with Gasteiger partial charge in [0, 0.05) is 17.4 Å². The van der Waals surface area contributed by atoms with Crippen molar-refractivity contribution >= 4 is 29.2 Å². The first-order valence-corrected chi connectivity index (χ1v) is 10.3. The van der Waals surface area contributed by atoms with Gasteiger partial charge in [-0.05, 0) is 74.6 Å². The van der Waals surface area contributed by atoms with E-state index in [2.05, 4.69) is 15.3 Å². The number of esters is 1. The first kappa shape index (κ1) is 20.7. The van der Waals surface area contributed by atoms with Crippen LogP contribution in [0.3, 0.4) is 0 Å². The lowest BCUT2D eigenvalue weighted by molar-refractivity contribution is -0.136. The maximum Gasteiger partial charge on any atom is 0.349 e. The van der Waals surface area contributed by atoms with E-state index in [9.17, 15) is 4.79 Å². The lowest BCUT2D eigenvalue weighted by atomic mass is 10.1. The number of benzene rings is 2. The van der Waals surface area contributed by atoms with Crippen LogP contribution in [0, 0.1) is 20.8 Å². The second-order valence-corrected chi connectivity index (χ2v) is 7.39. The number of thioether (sulfide) groups is 1. The number of aromatic nitrogens is 2. The molecule has 0 saturated carbocycles. The van der Waals surface area contributed by atoms with Crippen LogP contribution in [0.1, 0.15) is 16.8 Å². The summed E-state index contributed by atoms with van der Waals surface area (Å²) in [6, 6.07) is 14.8. The van der Waals surface area contributed by atoms with E-state index in [1.807, 2.05) is 63.4 Å². The Kier molecular flexibility index (Phi) is 6.72. The number of anilines is 2. The molecule has 150 valence electrons. The molecule has 7 heteroatoms. The monoisotopic (exact) mass is 409 g/mol. The summed E-state index contributed by atoms with van der Waals surface area (Å²) in [6.07, 6.45) is 1.94. The molecule has 0 unspecified atom stereocenters. The van der Waals surface area contributed by atoms with E-state index >= 15 is 0 Å². The summed E-state index contributed by atoms with van der Waals surface area (Å²) < 4.78 is 10.9. The fourth-order valence-electron chi connectivity index (χ4n) is 2.77. The maximum atomic E-state index is 12.1. The molecule has 0 aliphatic rings. The summed E-state index contributed by atoms with van der Waals surface area (Å²) in [7, 11) is 0. The molecular weight excluding hydrogens is 386 g/mol. The van der Waals surface area contributed by atoms with Gasteiger partial charge in [0.25, 0.3) is 0 Å². The summed E-state index contributed by atoms with van der Waals surface area (Å²) in [5, 5.41) is 3.94. The lowest BCUT2D eigenvalue weighted by Gasteiger charge is -2.10. The Morgan fingerprint density at radius 2 is 1.66 bits per heavy atom. The Bertz CT molecular complexity index is 986. The molecule has 0 aliphatic heterocycles. The molecule has 0 amide bonds. The molecule has 1 N–H and O–H groups in total. The van der Waals surface area contributed by atoms with Gasteiger partial charge in [0.15, 0.2) is 11.8 Å². The largest absolute Gasteiger partial charge is 0.482 e. The van der Waals surface area contributed by atoms with Crippen LogP contribution >= 0.6 is 11.8 Å². The molecule has 0 fully saturated rings. The van der Waals surface area contributed by atoms with E-state index in [-0.39, 0.29) is 6.61 Å². The number of carbonyl (C=O) groups is 1. The highest BCUT2D eigenvalue weighted by Gasteiger charge is 2.08. The van der Waals surface area contributed by atoms with Crippen LogP contribution in [-0.2, 0) is 4.79 Å². The normalized spacial score (nSPS) is 10.5. The van der Waals surface area contributed by atoms with Crippen molar-refractivity contribution in [1.29, 1.82) is 0 Å². The number of aryl methyl sites for hydroxylation is 3. The fourth-order valence-corrected chi connectivity index (χ4v) is 3.20. The van der Waals surface area contributed by atoms with Gasteiger partial charge in [-0.1, -0.05) is 17.8 Å². The Balaban J connectivity index is 1.56. The third kappa shape index (κ3) is 6.22. The molecule has 0 radical (unpaired) electrons. The number of carbonyl (C=O) groups excluding carboxylic acids is 1. The highest BCUT2D eigenvalue weighted by molar-refractivity contribution is 7.98. The van der Waals surface area contributed by atoms with Gasteiger partial charge in [-0.2, -0.15) is 0 Å². The molecule has 0 atom stereocenters. The van der Waals surface area contributed by atoms with Gasteiger partial charge in [-0.25, -0.2) is 14.8 Å². The van der Waals surface area contributed by atoms with Crippen molar-refractivity contribution in [3.63, 3.8) is 0 Å². The van der Waals surface area contributed by atoms with Crippen molar-refractivity contribution in [1.82, 2.24) is 9.97 Å². The van der Waals surface area contributed by atoms with E-state index in [0.717, 1.165) is 22.5 Å². The summed E-state index contributed by atoms with van der Waals surface area (Å²) in [4.78, 5) is 20.8. The highest BCUT2D eigenvalue weighted by Crippen LogP contribution is 2.21. The number of rotatable bonds is 7. The van der Waals surface area contributed by atoms with Gasteiger partial charge in [0.2, 0.25) is 0 Å². The van der Waals surface area contributed by atoms with Crippen molar-refractivity contribution < 1.29 is 14.3 Å². The van der Waals surface area contributed by atoms with Crippen LogP contribution < -0.4 is 14.8 Å². The molecule has 0 bridgehead atoms. The maximum absolute atomic E-state index is 12.1. The molecule has 0 saturated heterocycles. The number of nitrogens with one attached hydrogen (secondary N) is 1. The summed E-state index contributed by atoms with van der Waals surface area (Å²) >= 11 is 1.49. The fraction of sp³-hybridized carbons (Fsp3) is 0.227. The van der Waals surface area contributed by atoms with Gasteiger partial charge < -0.3 is 14.8 Å². The van der Waals surface area contributed by atoms with Gasteiger partial charge in [0.1, 0.15) is 17.3 Å². The first-order chi connectivity index (χ1) is 13.9. The molecule has 2 aromatic carbocycles. The van der Waals surface area contributed by atoms with Crippen molar-refractivity contribution in [2.24, 2.45) is 0 Å². The van der Waals surface area contributed by atoms with Crippen LogP contribution in [0.15, 0.2) is 53.7 Å². The molecule has 0 spiro atoms. The lowest BCUT2D eigenvalue weighted by Crippen LogP contribution is -2.17. The Morgan fingerprint density at radius 1 is 0.966 bits per heavy atom. The van der Waals surface area contributed by atoms with Crippen LogP contribution in [0.2, 0.25) is 0 Å². The predicted octanol–water partition coefficient (Wildman–Crippen LogP) is 4.85. The van der Waals surface area contributed by atoms with Crippen LogP contribution in [0.5, 0.6) is 11.5 Å². The molecule has 1 aromatic heterocycles. The van der Waals surface area contributed by atoms with Gasteiger partial charge in [-0.3, -0.25) is 0 Å². The van der Waals surface area contributed by atoms with E-state index in [1.54, 1.807) is 12.1 Å². The van der Waals surface area contributed by atoms with Gasteiger partial charge in [-0.15, -0.1) is 0 Å². The van der Waals surface area contributed by atoms with E-state index in [4.69, 9.17) is 9.47 Å². The zero-order valence-corrected chi connectivity index (χ0v) is 17.7. The number of nitrogens with zero attached hydrogens (tertiary/aromatic N) is 2. The minimum Gasteiger partial charge on any atom is -0.482 e. The standard InChI is InChI=1S/C22H23N3O3S/c1-14-9-15(2)11-19(10-14)27-13-21(26)28-18-7-5-17(6-8-18)24-20-12-16(3)23-22(25-20)29-4/h5-12H,13H2,1-4H3,(H,23,24,25). The highest BCUT2D eigenvalue weighted by atomic mass is 32.2. The Morgan fingerprint density at radius 3 is 2.31 bits per heavy atom. The predicted molar refractivity (Wildman–Crippen MR) is 115 cm³/mol. The number of ether oxygens (including phenoxy) is 2. The van der Waals surface area contributed by atoms with Crippen LogP contribution in [0.25, 0.3) is 0 Å². The topological polar surface area (TPSA) is 73.3 Å². The molecule has 3 rings (SSSR count). The molecule has 3 aromatic rings. The minimum atomic E-state index is -0.457. The van der Waals surface area contributed by atoms with Gasteiger partial charge >= 0.3 is 5.97 Å². The Hall–Kier alpha value is -3.06. The third-order valence-corrected chi connectivity index (χ3v) is 4.47.